The van der Waals surface area contributed by atoms with E-state index in [4.69, 9.17) is 4.74 Å². The van der Waals surface area contributed by atoms with Gasteiger partial charge in [-0.3, -0.25) is 9.78 Å². The Morgan fingerprint density at radius 3 is 2.31 bits per heavy atom. The van der Waals surface area contributed by atoms with Crippen LogP contribution in [0.4, 0.5) is 16.2 Å². The number of methoxy groups -OCH3 is 1. The highest BCUT2D eigenvalue weighted by Crippen LogP contribution is 2.29. The van der Waals surface area contributed by atoms with Gasteiger partial charge in [-0.15, -0.1) is 0 Å². The number of piperidine rings is 1. The highest BCUT2D eigenvalue weighted by atomic mass is 16.5. The standard InChI is InChI=1S/C36H50N6O3/c1-7-16-39-36(44)40-30-21-26(3)34(27(4)22-30)35(43)38-18-13-28(5)41-19-14-32(15-20-41)42(24-29-23-37-17-12-25(29)2)31-8-10-33(45-6)11-9-31/h8-12,17,21-23,28,32H,7,13-16,18-20,24H2,1-6H3,(H,38,43)(H2,39,40,44). The fourth-order valence-electron chi connectivity index (χ4n) is 6.16. The largest absolute Gasteiger partial charge is 0.497 e. The molecule has 45 heavy (non-hydrogen) atoms. The van der Waals surface area contributed by atoms with Crippen LogP contribution in [-0.4, -0.2) is 67.2 Å². The molecule has 1 unspecified atom stereocenters. The maximum Gasteiger partial charge on any atom is 0.319 e. The van der Waals surface area contributed by atoms with Crippen LogP contribution in [0.2, 0.25) is 0 Å². The van der Waals surface area contributed by atoms with Crippen molar-refractivity contribution in [1.82, 2.24) is 20.5 Å². The molecule has 1 aliphatic rings. The predicted octanol–water partition coefficient (Wildman–Crippen LogP) is 6.23. The average Bonchev–Trinajstić information content (AvgIpc) is 3.03. The van der Waals surface area contributed by atoms with Crippen molar-refractivity contribution in [3.63, 3.8) is 0 Å². The Bertz CT molecular complexity index is 1400. The fourth-order valence-corrected chi connectivity index (χ4v) is 6.16. The summed E-state index contributed by atoms with van der Waals surface area (Å²) in [6.45, 7) is 14.3. The molecular weight excluding hydrogens is 564 g/mol. The van der Waals surface area contributed by atoms with Crippen LogP contribution in [0.5, 0.6) is 5.75 Å². The van der Waals surface area contributed by atoms with Crippen molar-refractivity contribution < 1.29 is 14.3 Å². The molecule has 4 rings (SSSR count). The second-order valence-corrected chi connectivity index (χ2v) is 12.2. The summed E-state index contributed by atoms with van der Waals surface area (Å²) < 4.78 is 5.41. The molecule has 9 heteroatoms. The molecule has 0 bridgehead atoms. The third-order valence-electron chi connectivity index (χ3n) is 8.86. The molecule has 3 amide bonds. The number of aryl methyl sites for hydroxylation is 3. The van der Waals surface area contributed by atoms with E-state index < -0.39 is 0 Å². The number of benzene rings is 2. The van der Waals surface area contributed by atoms with Crippen LogP contribution in [0.25, 0.3) is 0 Å². The van der Waals surface area contributed by atoms with Gasteiger partial charge in [0.2, 0.25) is 0 Å². The Morgan fingerprint density at radius 2 is 1.69 bits per heavy atom. The molecule has 1 aliphatic heterocycles. The SMILES string of the molecule is CCCNC(=O)Nc1cc(C)c(C(=O)NCCC(C)N2CCC(N(Cc3cnccc3C)c3ccc(OC)cc3)CC2)c(C)c1. The molecule has 3 aromatic rings. The van der Waals surface area contributed by atoms with Gasteiger partial charge in [-0.2, -0.15) is 0 Å². The first-order valence-corrected chi connectivity index (χ1v) is 16.2. The van der Waals surface area contributed by atoms with Crippen molar-refractivity contribution in [2.24, 2.45) is 0 Å². The minimum atomic E-state index is -0.233. The molecule has 2 aromatic carbocycles. The van der Waals surface area contributed by atoms with Crippen LogP contribution in [0.1, 0.15) is 72.1 Å². The zero-order valence-electron chi connectivity index (χ0n) is 27.8. The predicted molar refractivity (Wildman–Crippen MR) is 182 cm³/mol. The Hall–Kier alpha value is -4.11. The number of rotatable bonds is 13. The van der Waals surface area contributed by atoms with E-state index in [2.05, 4.69) is 62.8 Å². The summed E-state index contributed by atoms with van der Waals surface area (Å²) in [4.78, 5) is 34.7. The van der Waals surface area contributed by atoms with Gasteiger partial charge in [0.15, 0.2) is 0 Å². The minimum Gasteiger partial charge on any atom is -0.497 e. The van der Waals surface area contributed by atoms with Gasteiger partial charge in [0.05, 0.1) is 7.11 Å². The number of anilines is 2. The summed E-state index contributed by atoms with van der Waals surface area (Å²) in [5.74, 6) is 0.789. The van der Waals surface area contributed by atoms with Crippen molar-refractivity contribution in [3.05, 3.63) is 82.7 Å². The van der Waals surface area contributed by atoms with Crippen molar-refractivity contribution in [2.75, 3.05) is 43.5 Å². The van der Waals surface area contributed by atoms with Crippen LogP contribution in [0.15, 0.2) is 54.9 Å². The highest BCUT2D eigenvalue weighted by molar-refractivity contribution is 5.98. The van der Waals surface area contributed by atoms with E-state index in [0.717, 1.165) is 62.2 Å². The quantitative estimate of drug-likeness (QED) is 0.211. The average molecular weight is 615 g/mol. The maximum atomic E-state index is 13.1. The van der Waals surface area contributed by atoms with Crippen LogP contribution >= 0.6 is 0 Å². The highest BCUT2D eigenvalue weighted by Gasteiger charge is 2.28. The maximum absolute atomic E-state index is 13.1. The van der Waals surface area contributed by atoms with Crippen molar-refractivity contribution >= 4 is 23.3 Å². The normalized spacial score (nSPS) is 14.4. The Morgan fingerprint density at radius 1 is 1.00 bits per heavy atom. The van der Waals surface area contributed by atoms with E-state index >= 15 is 0 Å². The van der Waals surface area contributed by atoms with Crippen LogP contribution in [-0.2, 0) is 6.54 Å². The lowest BCUT2D eigenvalue weighted by Crippen LogP contribution is -2.48. The summed E-state index contributed by atoms with van der Waals surface area (Å²) >= 11 is 0. The number of ether oxygens (including phenoxy) is 1. The van der Waals surface area contributed by atoms with Gasteiger partial charge in [-0.25, -0.2) is 4.79 Å². The number of hydrogen-bond donors (Lipinski definition) is 3. The smallest absolute Gasteiger partial charge is 0.319 e. The van der Waals surface area contributed by atoms with E-state index in [0.29, 0.717) is 36.4 Å². The Balaban J connectivity index is 1.30. The number of likely N-dealkylation sites (tertiary alicyclic amines) is 1. The monoisotopic (exact) mass is 614 g/mol. The first kappa shape index (κ1) is 33.8. The summed E-state index contributed by atoms with van der Waals surface area (Å²) in [7, 11) is 1.70. The third kappa shape index (κ3) is 9.20. The molecule has 1 saturated heterocycles. The lowest BCUT2D eigenvalue weighted by atomic mass is 9.98. The zero-order chi connectivity index (χ0) is 32.3. The van der Waals surface area contributed by atoms with Crippen molar-refractivity contribution in [1.29, 1.82) is 0 Å². The molecule has 9 nitrogen and oxygen atoms in total. The molecule has 3 N–H and O–H groups in total. The first-order chi connectivity index (χ1) is 21.7. The fraction of sp³-hybridized carbons (Fsp3) is 0.472. The summed E-state index contributed by atoms with van der Waals surface area (Å²) in [6.07, 6.45) is 7.72. The molecular formula is C36H50N6O3. The number of pyridine rings is 1. The lowest BCUT2D eigenvalue weighted by molar-refractivity contribution is 0.0944. The summed E-state index contributed by atoms with van der Waals surface area (Å²) in [5.41, 5.74) is 6.74. The van der Waals surface area contributed by atoms with Crippen LogP contribution in [0.3, 0.4) is 0 Å². The molecule has 1 atom stereocenters. The van der Waals surface area contributed by atoms with E-state index in [1.165, 1.54) is 16.8 Å². The topological polar surface area (TPSA) is 98.8 Å². The summed E-state index contributed by atoms with van der Waals surface area (Å²) in [6, 6.07) is 14.7. The number of nitrogens with zero attached hydrogens (tertiary/aromatic N) is 3. The molecule has 242 valence electrons. The Kier molecular flexibility index (Phi) is 12.2. The molecule has 1 aromatic heterocycles. The molecule has 1 fully saturated rings. The number of carbonyl (C=O) groups excluding carboxylic acids is 2. The van der Waals surface area contributed by atoms with E-state index in [1.807, 2.05) is 57.4 Å². The van der Waals surface area contributed by atoms with E-state index in [1.54, 1.807) is 7.11 Å². The second kappa shape index (κ2) is 16.3. The summed E-state index contributed by atoms with van der Waals surface area (Å²) in [5, 5.41) is 8.81. The minimum absolute atomic E-state index is 0.0706. The van der Waals surface area contributed by atoms with Gasteiger partial charge < -0.3 is 30.5 Å². The van der Waals surface area contributed by atoms with Crippen LogP contribution < -0.4 is 25.6 Å². The second-order valence-electron chi connectivity index (χ2n) is 12.2. The number of amides is 3. The molecule has 0 saturated carbocycles. The van der Waals surface area contributed by atoms with E-state index in [9.17, 15) is 9.59 Å². The molecule has 2 heterocycles. The molecule has 0 radical (unpaired) electrons. The number of hydrogen-bond acceptors (Lipinski definition) is 6. The van der Waals surface area contributed by atoms with Crippen molar-refractivity contribution in [3.8, 4) is 5.75 Å². The third-order valence-corrected chi connectivity index (χ3v) is 8.86. The van der Waals surface area contributed by atoms with Gasteiger partial charge in [-0.05, 0) is 118 Å². The van der Waals surface area contributed by atoms with E-state index in [-0.39, 0.29) is 11.9 Å². The first-order valence-electron chi connectivity index (χ1n) is 16.2. The van der Waals surface area contributed by atoms with Crippen molar-refractivity contribution in [2.45, 2.75) is 78.9 Å². The number of urea groups is 1. The molecule has 0 aliphatic carbocycles. The number of nitrogens with one attached hydrogen (secondary N) is 3. The lowest BCUT2D eigenvalue weighted by Gasteiger charge is -2.42. The van der Waals surface area contributed by atoms with Crippen LogP contribution in [0, 0.1) is 20.8 Å². The van der Waals surface area contributed by atoms with Gasteiger partial charge in [-0.1, -0.05) is 6.92 Å². The molecule has 0 spiro atoms. The number of aromatic nitrogens is 1. The van der Waals surface area contributed by atoms with Gasteiger partial charge >= 0.3 is 6.03 Å². The Labute approximate surface area is 268 Å². The zero-order valence-corrected chi connectivity index (χ0v) is 27.8. The van der Waals surface area contributed by atoms with Gasteiger partial charge in [0.1, 0.15) is 5.75 Å². The number of carbonyl (C=O) groups is 2. The van der Waals surface area contributed by atoms with Gasteiger partial charge in [0.25, 0.3) is 5.91 Å². The van der Waals surface area contributed by atoms with Gasteiger partial charge in [0, 0.05) is 74.1 Å².